The molecule has 0 aromatic heterocycles. The maximum atomic E-state index is 12.3. The summed E-state index contributed by atoms with van der Waals surface area (Å²) in [6.07, 6.45) is -0.210. The number of amides is 1. The predicted molar refractivity (Wildman–Crippen MR) is 116 cm³/mol. The lowest BCUT2D eigenvalue weighted by atomic mass is 10.1. The van der Waals surface area contributed by atoms with Crippen molar-refractivity contribution in [3.8, 4) is 0 Å². The van der Waals surface area contributed by atoms with Gasteiger partial charge in [0, 0.05) is 64.9 Å². The van der Waals surface area contributed by atoms with Crippen LogP contribution in [-0.4, -0.2) is 115 Å². The minimum Gasteiger partial charge on any atom is -0.444 e. The third-order valence-corrected chi connectivity index (χ3v) is 5.75. The smallest absolute Gasteiger partial charge is 0.410 e. The standard InChI is InChI=1S/C18H32N6O2.HI/c1-18(2,3)26-17(25)23-8-9-24-15(13-23)11-20-16(24)19-10-14-12-21-4-6-22(14)7-5-21;/h14-15H,4-13H2,1-3H3,(H,19,20);1H. The van der Waals surface area contributed by atoms with Gasteiger partial charge in [0.2, 0.25) is 0 Å². The third-order valence-electron chi connectivity index (χ3n) is 5.75. The predicted octanol–water partition coefficient (Wildman–Crippen LogP) is 0.485. The van der Waals surface area contributed by atoms with Gasteiger partial charge in [0.1, 0.15) is 5.60 Å². The van der Waals surface area contributed by atoms with Crippen molar-refractivity contribution in [1.82, 2.24) is 24.9 Å². The molecule has 4 fully saturated rings. The van der Waals surface area contributed by atoms with Gasteiger partial charge in [-0.25, -0.2) is 4.79 Å². The number of hydrogen-bond acceptors (Lipinski definition) is 7. The molecule has 1 N–H and O–H groups in total. The highest BCUT2D eigenvalue weighted by atomic mass is 127. The molecule has 0 saturated carbocycles. The van der Waals surface area contributed by atoms with Crippen LogP contribution >= 0.6 is 24.0 Å². The van der Waals surface area contributed by atoms with E-state index < -0.39 is 5.60 Å². The number of guanidine groups is 1. The summed E-state index contributed by atoms with van der Waals surface area (Å²) in [5.41, 5.74) is -0.447. The van der Waals surface area contributed by atoms with Crippen LogP contribution in [0.15, 0.2) is 4.99 Å². The van der Waals surface area contributed by atoms with Gasteiger partial charge in [0.05, 0.1) is 12.6 Å². The molecule has 5 aliphatic heterocycles. The Morgan fingerprint density at radius 3 is 2.52 bits per heavy atom. The lowest BCUT2D eigenvalue weighted by Gasteiger charge is -2.47. The highest BCUT2D eigenvalue weighted by molar-refractivity contribution is 14.0. The summed E-state index contributed by atoms with van der Waals surface area (Å²) in [6.45, 7) is 15.6. The van der Waals surface area contributed by atoms with Crippen LogP contribution in [0.2, 0.25) is 0 Å². The van der Waals surface area contributed by atoms with E-state index in [4.69, 9.17) is 9.73 Å². The molecule has 0 aliphatic carbocycles. The molecule has 2 atom stereocenters. The second-order valence-corrected chi connectivity index (χ2v) is 8.81. The van der Waals surface area contributed by atoms with Crippen molar-refractivity contribution in [3.63, 3.8) is 0 Å². The Morgan fingerprint density at radius 1 is 1.15 bits per heavy atom. The van der Waals surface area contributed by atoms with Crippen LogP contribution in [0.4, 0.5) is 4.79 Å². The largest absolute Gasteiger partial charge is 0.444 e. The zero-order chi connectivity index (χ0) is 18.3. The van der Waals surface area contributed by atoms with E-state index in [9.17, 15) is 4.79 Å². The highest BCUT2D eigenvalue weighted by Crippen LogP contribution is 2.19. The Bertz CT molecular complexity index is 573. The van der Waals surface area contributed by atoms with Crippen molar-refractivity contribution in [2.24, 2.45) is 4.99 Å². The van der Waals surface area contributed by atoms with E-state index in [-0.39, 0.29) is 36.1 Å². The van der Waals surface area contributed by atoms with E-state index in [1.54, 1.807) is 0 Å². The fourth-order valence-corrected chi connectivity index (χ4v) is 4.35. The number of fused-ring (bicyclic) bond motifs is 4. The molecule has 5 rings (SSSR count). The molecular formula is C18H33IN6O2. The van der Waals surface area contributed by atoms with Crippen molar-refractivity contribution in [3.05, 3.63) is 0 Å². The first-order valence-electron chi connectivity index (χ1n) is 9.88. The molecule has 1 amide bonds. The zero-order valence-corrected chi connectivity index (χ0v) is 19.0. The summed E-state index contributed by atoms with van der Waals surface area (Å²) in [7, 11) is 0. The molecule has 5 aliphatic rings. The lowest BCUT2D eigenvalue weighted by Crippen LogP contribution is -2.64. The van der Waals surface area contributed by atoms with Gasteiger partial charge < -0.3 is 19.9 Å². The molecule has 2 bridgehead atoms. The number of nitrogens with one attached hydrogen (secondary N) is 1. The minimum atomic E-state index is -0.447. The number of halogens is 1. The van der Waals surface area contributed by atoms with Crippen molar-refractivity contribution in [2.75, 3.05) is 65.4 Å². The van der Waals surface area contributed by atoms with Crippen molar-refractivity contribution in [1.29, 1.82) is 0 Å². The average molecular weight is 492 g/mol. The average Bonchev–Trinajstić information content (AvgIpc) is 3.02. The van der Waals surface area contributed by atoms with Gasteiger partial charge in [0.25, 0.3) is 0 Å². The first kappa shape index (κ1) is 20.9. The Labute approximate surface area is 179 Å². The summed E-state index contributed by atoms with van der Waals surface area (Å²) in [5, 5.41) is 3.59. The summed E-state index contributed by atoms with van der Waals surface area (Å²) in [5.74, 6) is 1.01. The topological polar surface area (TPSA) is 63.7 Å². The van der Waals surface area contributed by atoms with E-state index >= 15 is 0 Å². The number of aliphatic imine (C=N–C) groups is 1. The molecular weight excluding hydrogens is 459 g/mol. The molecule has 0 aromatic rings. The van der Waals surface area contributed by atoms with E-state index in [1.807, 2.05) is 25.7 Å². The number of hydrogen-bond donors (Lipinski definition) is 1. The Kier molecular flexibility index (Phi) is 6.41. The quantitative estimate of drug-likeness (QED) is 0.567. The van der Waals surface area contributed by atoms with Crippen LogP contribution in [0.25, 0.3) is 0 Å². The molecule has 8 nitrogen and oxygen atoms in total. The second-order valence-electron chi connectivity index (χ2n) is 8.81. The number of ether oxygens (including phenoxy) is 1. The molecule has 0 spiro atoms. The third kappa shape index (κ3) is 4.79. The van der Waals surface area contributed by atoms with E-state index in [1.165, 1.54) is 26.2 Å². The van der Waals surface area contributed by atoms with E-state index in [2.05, 4.69) is 20.0 Å². The highest BCUT2D eigenvalue weighted by Gasteiger charge is 2.37. The van der Waals surface area contributed by atoms with Gasteiger partial charge in [-0.2, -0.15) is 0 Å². The van der Waals surface area contributed by atoms with Crippen LogP contribution < -0.4 is 5.32 Å². The molecule has 5 heterocycles. The molecule has 0 aromatic carbocycles. The van der Waals surface area contributed by atoms with Gasteiger partial charge in [-0.3, -0.25) is 14.8 Å². The van der Waals surface area contributed by atoms with Crippen LogP contribution in [0.3, 0.4) is 0 Å². The normalized spacial score (nSPS) is 32.5. The molecule has 4 saturated heterocycles. The van der Waals surface area contributed by atoms with E-state index in [0.717, 1.165) is 32.1 Å². The molecule has 2 unspecified atom stereocenters. The fourth-order valence-electron chi connectivity index (χ4n) is 4.35. The number of nitrogens with zero attached hydrogens (tertiary/aromatic N) is 5. The summed E-state index contributed by atoms with van der Waals surface area (Å²) < 4.78 is 5.51. The maximum Gasteiger partial charge on any atom is 0.410 e. The lowest BCUT2D eigenvalue weighted by molar-refractivity contribution is 0.0122. The van der Waals surface area contributed by atoms with Crippen molar-refractivity contribution in [2.45, 2.75) is 38.5 Å². The number of carbonyl (C=O) groups excluding carboxylic acids is 1. The Balaban J connectivity index is 0.00000210. The second kappa shape index (κ2) is 8.28. The molecule has 9 heteroatoms. The van der Waals surface area contributed by atoms with Gasteiger partial charge in [-0.05, 0) is 20.8 Å². The first-order valence-corrected chi connectivity index (χ1v) is 9.88. The number of carbonyl (C=O) groups is 1. The number of piperazine rings is 4. The van der Waals surface area contributed by atoms with Crippen LogP contribution in [0.1, 0.15) is 20.8 Å². The van der Waals surface area contributed by atoms with E-state index in [0.29, 0.717) is 19.1 Å². The van der Waals surface area contributed by atoms with Gasteiger partial charge in [-0.15, -0.1) is 24.0 Å². The van der Waals surface area contributed by atoms with Gasteiger partial charge in [-0.1, -0.05) is 0 Å². The Morgan fingerprint density at radius 2 is 1.89 bits per heavy atom. The molecule has 0 radical (unpaired) electrons. The fraction of sp³-hybridized carbons (Fsp3) is 0.889. The molecule has 154 valence electrons. The van der Waals surface area contributed by atoms with Gasteiger partial charge >= 0.3 is 6.09 Å². The van der Waals surface area contributed by atoms with Gasteiger partial charge in [0.15, 0.2) is 5.96 Å². The van der Waals surface area contributed by atoms with Crippen molar-refractivity contribution >= 4 is 36.0 Å². The maximum absolute atomic E-state index is 12.3. The Hall–Kier alpha value is -0.810. The SMILES string of the molecule is CC(C)(C)OC(=O)N1CCN2C(NCC3CN4CCN3CC4)=NCC2C1.I. The van der Waals surface area contributed by atoms with Crippen LogP contribution in [0.5, 0.6) is 0 Å². The number of rotatable bonds is 2. The van der Waals surface area contributed by atoms with Crippen LogP contribution in [-0.2, 0) is 4.74 Å². The summed E-state index contributed by atoms with van der Waals surface area (Å²) in [6, 6.07) is 0.855. The molecule has 27 heavy (non-hydrogen) atoms. The zero-order valence-electron chi connectivity index (χ0n) is 16.7. The van der Waals surface area contributed by atoms with Crippen LogP contribution in [0, 0.1) is 0 Å². The minimum absolute atomic E-state index is 0. The monoisotopic (exact) mass is 492 g/mol. The first-order chi connectivity index (χ1) is 12.4. The summed E-state index contributed by atoms with van der Waals surface area (Å²) >= 11 is 0. The summed E-state index contributed by atoms with van der Waals surface area (Å²) in [4.78, 5) is 26.3. The van der Waals surface area contributed by atoms with Crippen molar-refractivity contribution < 1.29 is 9.53 Å².